The Morgan fingerprint density at radius 2 is 1.71 bits per heavy atom. The molecule has 7 nitrogen and oxygen atoms in total. The van der Waals surface area contributed by atoms with E-state index in [1.165, 1.54) is 0 Å². The molecule has 2 heterocycles. The van der Waals surface area contributed by atoms with E-state index in [0.717, 1.165) is 48.9 Å². The highest BCUT2D eigenvalue weighted by molar-refractivity contribution is 5.98. The molecule has 1 aliphatic heterocycles. The lowest BCUT2D eigenvalue weighted by Gasteiger charge is -2.28. The Labute approximate surface area is 200 Å². The van der Waals surface area contributed by atoms with Gasteiger partial charge in [0.05, 0.1) is 18.8 Å². The lowest BCUT2D eigenvalue weighted by atomic mass is 10.2. The second-order valence-corrected chi connectivity index (χ2v) is 8.54. The van der Waals surface area contributed by atoms with Crippen molar-refractivity contribution in [3.8, 4) is 0 Å². The minimum absolute atomic E-state index is 0.370. The fourth-order valence-corrected chi connectivity index (χ4v) is 4.12. The predicted molar refractivity (Wildman–Crippen MR) is 132 cm³/mol. The van der Waals surface area contributed by atoms with E-state index in [-0.39, 0.29) is 5.91 Å². The summed E-state index contributed by atoms with van der Waals surface area (Å²) < 4.78 is 13.0. The fourth-order valence-electron chi connectivity index (χ4n) is 4.12. The first-order valence-corrected chi connectivity index (χ1v) is 11.6. The maximum absolute atomic E-state index is 12.8. The quantitative estimate of drug-likeness (QED) is 0.535. The highest BCUT2D eigenvalue weighted by atomic mass is 16.5. The Kier molecular flexibility index (Phi) is 7.33. The molecule has 0 spiro atoms. The molecular formula is C27H31N3O4. The summed E-state index contributed by atoms with van der Waals surface area (Å²) in [5.41, 5.74) is 5.15. The van der Waals surface area contributed by atoms with Crippen molar-refractivity contribution in [3.05, 3.63) is 83.2 Å². The summed E-state index contributed by atoms with van der Waals surface area (Å²) in [6.07, 6.45) is -0.927. The third kappa shape index (κ3) is 5.48. The molecule has 1 amide bonds. The Hall–Kier alpha value is -3.58. The van der Waals surface area contributed by atoms with Crippen molar-refractivity contribution < 1.29 is 19.1 Å². The van der Waals surface area contributed by atoms with Crippen LogP contribution in [0.4, 0.5) is 11.4 Å². The molecule has 0 bridgehead atoms. The van der Waals surface area contributed by atoms with Crippen LogP contribution in [0.5, 0.6) is 0 Å². The van der Waals surface area contributed by atoms with Gasteiger partial charge in [0.2, 0.25) is 0 Å². The summed E-state index contributed by atoms with van der Waals surface area (Å²) >= 11 is 0. The van der Waals surface area contributed by atoms with Crippen LogP contribution in [-0.4, -0.2) is 48.9 Å². The highest BCUT2D eigenvalue weighted by Crippen LogP contribution is 2.21. The van der Waals surface area contributed by atoms with Gasteiger partial charge in [-0.2, -0.15) is 0 Å². The number of aromatic nitrogens is 1. The van der Waals surface area contributed by atoms with E-state index in [2.05, 4.69) is 26.9 Å². The van der Waals surface area contributed by atoms with E-state index in [9.17, 15) is 9.59 Å². The molecule has 0 saturated carbocycles. The van der Waals surface area contributed by atoms with E-state index in [4.69, 9.17) is 9.47 Å². The van der Waals surface area contributed by atoms with Crippen molar-refractivity contribution >= 4 is 23.3 Å². The van der Waals surface area contributed by atoms with Gasteiger partial charge in [0.15, 0.2) is 6.10 Å². The summed E-state index contributed by atoms with van der Waals surface area (Å²) in [5, 5.41) is 2.83. The van der Waals surface area contributed by atoms with Gasteiger partial charge in [-0.05, 0) is 56.7 Å². The average Bonchev–Trinajstić information content (AvgIpc) is 3.14. The molecule has 2 aromatic carbocycles. The number of ether oxygens (including phenoxy) is 2. The zero-order valence-electron chi connectivity index (χ0n) is 19.9. The van der Waals surface area contributed by atoms with Gasteiger partial charge in [0, 0.05) is 42.4 Å². The second-order valence-electron chi connectivity index (χ2n) is 8.54. The molecule has 0 unspecified atom stereocenters. The maximum Gasteiger partial charge on any atom is 0.340 e. The van der Waals surface area contributed by atoms with E-state index < -0.39 is 12.1 Å². The first-order valence-electron chi connectivity index (χ1n) is 11.6. The zero-order chi connectivity index (χ0) is 24.1. The van der Waals surface area contributed by atoms with Crippen LogP contribution in [0.25, 0.3) is 0 Å². The zero-order valence-corrected chi connectivity index (χ0v) is 19.9. The molecule has 0 aliphatic carbocycles. The molecule has 34 heavy (non-hydrogen) atoms. The smallest absolute Gasteiger partial charge is 0.340 e. The molecule has 7 heteroatoms. The minimum Gasteiger partial charge on any atom is -0.449 e. The largest absolute Gasteiger partial charge is 0.449 e. The van der Waals surface area contributed by atoms with Crippen LogP contribution in [0, 0.1) is 13.8 Å². The molecule has 1 fully saturated rings. The summed E-state index contributed by atoms with van der Waals surface area (Å²) in [6.45, 7) is 9.25. The third-order valence-corrected chi connectivity index (χ3v) is 6.14. The number of esters is 1. The van der Waals surface area contributed by atoms with Crippen molar-refractivity contribution in [2.45, 2.75) is 33.4 Å². The fraction of sp³-hybridized carbons (Fsp3) is 0.333. The van der Waals surface area contributed by atoms with Crippen LogP contribution < -0.4 is 10.2 Å². The van der Waals surface area contributed by atoms with E-state index in [1.807, 2.05) is 62.4 Å². The summed E-state index contributed by atoms with van der Waals surface area (Å²) in [5.74, 6) is -0.872. The summed E-state index contributed by atoms with van der Waals surface area (Å²) in [6, 6.07) is 19.5. The van der Waals surface area contributed by atoms with Crippen molar-refractivity contribution in [1.82, 2.24) is 4.57 Å². The predicted octanol–water partition coefficient (Wildman–Crippen LogP) is 4.17. The Morgan fingerprint density at radius 3 is 2.38 bits per heavy atom. The number of aryl methyl sites for hydroxylation is 1. The molecule has 3 aromatic rings. The van der Waals surface area contributed by atoms with Gasteiger partial charge in [0.25, 0.3) is 5.91 Å². The molecule has 1 N–H and O–H groups in total. The number of anilines is 2. The normalized spacial score (nSPS) is 14.5. The Bertz CT molecular complexity index is 1130. The van der Waals surface area contributed by atoms with Gasteiger partial charge in [-0.25, -0.2) is 4.79 Å². The summed E-state index contributed by atoms with van der Waals surface area (Å²) in [4.78, 5) is 27.7. The topological polar surface area (TPSA) is 72.8 Å². The lowest BCUT2D eigenvalue weighted by molar-refractivity contribution is -0.123. The standard InChI is InChI=1S/C27H31N3O4/c1-19-17-25(20(2)30(19)18-22-7-5-4-6-8-22)27(32)34-21(3)26(31)28-23-9-11-24(12-10-23)29-13-15-33-16-14-29/h4-12,17,21H,13-16,18H2,1-3H3,(H,28,31)/t21-/m0/s1. The number of amides is 1. The van der Waals surface area contributed by atoms with Gasteiger partial charge >= 0.3 is 5.97 Å². The van der Waals surface area contributed by atoms with Crippen molar-refractivity contribution in [3.63, 3.8) is 0 Å². The van der Waals surface area contributed by atoms with Gasteiger partial charge in [0.1, 0.15) is 0 Å². The van der Waals surface area contributed by atoms with Gasteiger partial charge in [-0.15, -0.1) is 0 Å². The summed E-state index contributed by atoms with van der Waals surface area (Å²) in [7, 11) is 0. The van der Waals surface area contributed by atoms with Crippen molar-refractivity contribution in [2.75, 3.05) is 36.5 Å². The van der Waals surface area contributed by atoms with Crippen LogP contribution in [0.2, 0.25) is 0 Å². The number of hydrogen-bond acceptors (Lipinski definition) is 5. The van der Waals surface area contributed by atoms with Gasteiger partial charge in [-0.1, -0.05) is 30.3 Å². The van der Waals surface area contributed by atoms with Crippen LogP contribution in [0.1, 0.15) is 34.2 Å². The number of nitrogens with one attached hydrogen (secondary N) is 1. The number of carbonyl (C=O) groups is 2. The minimum atomic E-state index is -0.927. The maximum atomic E-state index is 12.8. The number of carbonyl (C=O) groups excluding carboxylic acids is 2. The van der Waals surface area contributed by atoms with Gasteiger partial charge < -0.3 is 24.3 Å². The van der Waals surface area contributed by atoms with E-state index in [0.29, 0.717) is 17.8 Å². The molecule has 1 saturated heterocycles. The van der Waals surface area contributed by atoms with E-state index >= 15 is 0 Å². The average molecular weight is 462 g/mol. The Balaban J connectivity index is 1.36. The van der Waals surface area contributed by atoms with Crippen LogP contribution >= 0.6 is 0 Å². The number of benzene rings is 2. The number of nitrogens with zero attached hydrogens (tertiary/aromatic N) is 2. The molecular weight excluding hydrogens is 430 g/mol. The molecule has 4 rings (SSSR count). The lowest BCUT2D eigenvalue weighted by Crippen LogP contribution is -2.36. The number of hydrogen-bond donors (Lipinski definition) is 1. The van der Waals surface area contributed by atoms with Crippen LogP contribution in [0.15, 0.2) is 60.7 Å². The highest BCUT2D eigenvalue weighted by Gasteiger charge is 2.23. The molecule has 1 atom stereocenters. The molecule has 1 aliphatic rings. The SMILES string of the molecule is Cc1cc(C(=O)O[C@@H](C)C(=O)Nc2ccc(N3CCOCC3)cc2)c(C)n1Cc1ccccc1. The van der Waals surface area contributed by atoms with Crippen molar-refractivity contribution in [1.29, 1.82) is 0 Å². The molecule has 1 aromatic heterocycles. The number of morpholine rings is 1. The molecule has 0 radical (unpaired) electrons. The monoisotopic (exact) mass is 461 g/mol. The third-order valence-electron chi connectivity index (χ3n) is 6.14. The molecule has 178 valence electrons. The van der Waals surface area contributed by atoms with Gasteiger partial charge in [-0.3, -0.25) is 4.79 Å². The Morgan fingerprint density at radius 1 is 1.03 bits per heavy atom. The van der Waals surface area contributed by atoms with Crippen LogP contribution in [-0.2, 0) is 20.8 Å². The first kappa shape index (κ1) is 23.6. The number of rotatable bonds is 7. The van der Waals surface area contributed by atoms with Crippen molar-refractivity contribution in [2.24, 2.45) is 0 Å². The first-order chi connectivity index (χ1) is 16.4. The van der Waals surface area contributed by atoms with E-state index in [1.54, 1.807) is 6.92 Å². The second kappa shape index (κ2) is 10.6. The van der Waals surface area contributed by atoms with Crippen LogP contribution in [0.3, 0.4) is 0 Å².